The first-order valence-electron chi connectivity index (χ1n) is 10.9. The molecular formula is C21H35N5O3S. The summed E-state index contributed by atoms with van der Waals surface area (Å²) in [4.78, 5) is 11.2. The van der Waals surface area contributed by atoms with Crippen molar-refractivity contribution >= 4 is 15.8 Å². The number of rotatable bonds is 10. The number of nitrogens with zero attached hydrogens (tertiary/aromatic N) is 3. The number of hydrogen-bond donors (Lipinski definition) is 2. The average Bonchev–Trinajstić information content (AvgIpc) is 3.54. The van der Waals surface area contributed by atoms with E-state index in [2.05, 4.69) is 27.4 Å². The fourth-order valence-corrected chi connectivity index (χ4v) is 3.98. The Morgan fingerprint density at radius 1 is 1.30 bits per heavy atom. The van der Waals surface area contributed by atoms with Gasteiger partial charge in [-0.3, -0.25) is 0 Å². The van der Waals surface area contributed by atoms with Crippen molar-refractivity contribution in [2.45, 2.75) is 45.2 Å². The number of nitrogens with one attached hydrogen (secondary N) is 2. The number of ether oxygens (including phenoxy) is 1. The normalized spacial score (nSPS) is 18.9. The van der Waals surface area contributed by atoms with Gasteiger partial charge in [0.25, 0.3) is 0 Å². The molecule has 9 heteroatoms. The zero-order valence-electron chi connectivity index (χ0n) is 18.1. The smallest absolute Gasteiger partial charge is 0.213 e. The van der Waals surface area contributed by atoms with Crippen molar-refractivity contribution in [1.29, 1.82) is 0 Å². The van der Waals surface area contributed by atoms with Gasteiger partial charge < -0.3 is 20.3 Å². The van der Waals surface area contributed by atoms with Crippen LogP contribution < -0.4 is 15.4 Å². The lowest BCUT2D eigenvalue weighted by atomic mass is 10.1. The number of guanidine groups is 1. The second-order valence-electron chi connectivity index (χ2n) is 8.34. The van der Waals surface area contributed by atoms with Crippen molar-refractivity contribution < 1.29 is 13.2 Å². The van der Waals surface area contributed by atoms with Gasteiger partial charge in [0.1, 0.15) is 9.84 Å². The number of piperidine rings is 1. The van der Waals surface area contributed by atoms with Crippen LogP contribution in [0.25, 0.3) is 0 Å². The van der Waals surface area contributed by atoms with Gasteiger partial charge in [-0.25, -0.2) is 18.4 Å². The van der Waals surface area contributed by atoms with Crippen molar-refractivity contribution in [2.75, 3.05) is 44.8 Å². The zero-order chi connectivity index (χ0) is 21.4. The third kappa shape index (κ3) is 8.47. The molecular weight excluding hydrogens is 402 g/mol. The topological polar surface area (TPSA) is 95.9 Å². The molecule has 2 heterocycles. The van der Waals surface area contributed by atoms with Crippen molar-refractivity contribution in [1.82, 2.24) is 20.5 Å². The number of hydrogen-bond acceptors (Lipinski definition) is 6. The predicted octanol–water partition coefficient (Wildman–Crippen LogP) is 1.43. The summed E-state index contributed by atoms with van der Waals surface area (Å²) < 4.78 is 28.5. The Hall–Kier alpha value is -1.87. The molecule has 1 saturated carbocycles. The number of aromatic nitrogens is 1. The van der Waals surface area contributed by atoms with Gasteiger partial charge in [-0.05, 0) is 50.2 Å². The highest BCUT2D eigenvalue weighted by Crippen LogP contribution is 2.29. The van der Waals surface area contributed by atoms with E-state index in [1.165, 1.54) is 19.1 Å². The first-order valence-corrected chi connectivity index (χ1v) is 13.0. The predicted molar refractivity (Wildman–Crippen MR) is 120 cm³/mol. The van der Waals surface area contributed by atoms with Gasteiger partial charge in [0.05, 0.1) is 18.9 Å². The Kier molecular flexibility index (Phi) is 8.32. The average molecular weight is 438 g/mol. The molecule has 1 saturated heterocycles. The highest BCUT2D eigenvalue weighted by Gasteiger charge is 2.22. The van der Waals surface area contributed by atoms with Crippen LogP contribution >= 0.6 is 0 Å². The highest BCUT2D eigenvalue weighted by atomic mass is 32.2. The molecule has 0 atom stereocenters. The lowest BCUT2D eigenvalue weighted by molar-refractivity contribution is 0.216. The largest absolute Gasteiger partial charge is 0.477 e. The molecule has 0 aromatic carbocycles. The molecule has 2 N–H and O–H groups in total. The molecule has 0 bridgehead atoms. The van der Waals surface area contributed by atoms with Crippen LogP contribution in [0.3, 0.4) is 0 Å². The van der Waals surface area contributed by atoms with Crippen molar-refractivity contribution in [3.63, 3.8) is 0 Å². The monoisotopic (exact) mass is 437 g/mol. The molecule has 0 unspecified atom stereocenters. The fraction of sp³-hybridized carbons (Fsp3) is 0.714. The molecule has 1 aliphatic carbocycles. The molecule has 1 aliphatic heterocycles. The van der Waals surface area contributed by atoms with E-state index in [4.69, 9.17) is 9.73 Å². The summed E-state index contributed by atoms with van der Waals surface area (Å²) in [6.07, 6.45) is 7.55. The standard InChI is InChI=1S/C21H35N5O3S/c1-3-22-21(25-19-7-10-26(11-8-19)12-13-30(2,27)28)24-15-18-6-9-23-20(14-18)29-16-17-4-5-17/h6,9,14,17,19H,3-5,7-8,10-13,15-16H2,1-2H3,(H2,22,24,25). The molecule has 0 spiro atoms. The molecule has 8 nitrogen and oxygen atoms in total. The Morgan fingerprint density at radius 2 is 2.07 bits per heavy atom. The molecule has 2 aliphatic rings. The third-order valence-corrected chi connectivity index (χ3v) is 6.36. The lowest BCUT2D eigenvalue weighted by Gasteiger charge is -2.32. The fourth-order valence-electron chi connectivity index (χ4n) is 3.40. The Balaban J connectivity index is 1.47. The van der Waals surface area contributed by atoms with Gasteiger partial charge in [-0.2, -0.15) is 0 Å². The summed E-state index contributed by atoms with van der Waals surface area (Å²) in [6.45, 7) is 6.59. The molecule has 2 fully saturated rings. The summed E-state index contributed by atoms with van der Waals surface area (Å²) in [6, 6.07) is 4.28. The van der Waals surface area contributed by atoms with Crippen LogP contribution in [0.5, 0.6) is 5.88 Å². The number of pyridine rings is 1. The molecule has 168 valence electrons. The molecule has 30 heavy (non-hydrogen) atoms. The van der Waals surface area contributed by atoms with Gasteiger partial charge in [0.2, 0.25) is 5.88 Å². The van der Waals surface area contributed by atoms with E-state index in [1.54, 1.807) is 6.20 Å². The van der Waals surface area contributed by atoms with E-state index in [0.717, 1.165) is 50.6 Å². The van der Waals surface area contributed by atoms with Crippen molar-refractivity contribution in [2.24, 2.45) is 10.9 Å². The minimum absolute atomic E-state index is 0.230. The van der Waals surface area contributed by atoms with E-state index in [1.807, 2.05) is 12.1 Å². The zero-order valence-corrected chi connectivity index (χ0v) is 19.0. The minimum Gasteiger partial charge on any atom is -0.477 e. The van der Waals surface area contributed by atoms with E-state index < -0.39 is 9.84 Å². The van der Waals surface area contributed by atoms with Crippen molar-refractivity contribution in [3.8, 4) is 5.88 Å². The third-order valence-electron chi connectivity index (χ3n) is 5.43. The van der Waals surface area contributed by atoms with E-state index in [0.29, 0.717) is 30.9 Å². The van der Waals surface area contributed by atoms with Crippen LogP contribution in [0.15, 0.2) is 23.3 Å². The van der Waals surface area contributed by atoms with Crippen LogP contribution in [-0.4, -0.2) is 75.1 Å². The van der Waals surface area contributed by atoms with Crippen LogP contribution in [0.4, 0.5) is 0 Å². The Labute approximate surface area is 180 Å². The summed E-state index contributed by atoms with van der Waals surface area (Å²) in [7, 11) is -2.91. The van der Waals surface area contributed by atoms with E-state index >= 15 is 0 Å². The summed E-state index contributed by atoms with van der Waals surface area (Å²) >= 11 is 0. The van der Waals surface area contributed by atoms with Gasteiger partial charge in [0.15, 0.2) is 5.96 Å². The first-order chi connectivity index (χ1) is 14.4. The number of aliphatic imine (C=N–C) groups is 1. The minimum atomic E-state index is -2.91. The van der Waals surface area contributed by atoms with Gasteiger partial charge >= 0.3 is 0 Å². The van der Waals surface area contributed by atoms with Crippen LogP contribution in [0, 0.1) is 5.92 Å². The maximum Gasteiger partial charge on any atom is 0.213 e. The molecule has 1 aromatic heterocycles. The van der Waals surface area contributed by atoms with Crippen LogP contribution in [-0.2, 0) is 16.4 Å². The lowest BCUT2D eigenvalue weighted by Crippen LogP contribution is -2.49. The van der Waals surface area contributed by atoms with Crippen LogP contribution in [0.1, 0.15) is 38.2 Å². The second kappa shape index (κ2) is 10.9. The van der Waals surface area contributed by atoms with E-state index in [9.17, 15) is 8.42 Å². The highest BCUT2D eigenvalue weighted by molar-refractivity contribution is 7.90. The number of sulfone groups is 1. The van der Waals surface area contributed by atoms with Crippen molar-refractivity contribution in [3.05, 3.63) is 23.9 Å². The van der Waals surface area contributed by atoms with Gasteiger partial charge in [-0.15, -0.1) is 0 Å². The molecule has 1 aromatic rings. The molecule has 3 rings (SSSR count). The maximum atomic E-state index is 11.4. The SMILES string of the molecule is CCNC(=NCc1ccnc(OCC2CC2)c1)NC1CCN(CCS(C)(=O)=O)CC1. The summed E-state index contributed by atoms with van der Waals surface area (Å²) in [5, 5.41) is 6.85. The molecule has 0 amide bonds. The quantitative estimate of drug-likeness (QED) is 0.422. The molecule has 0 radical (unpaired) electrons. The summed E-state index contributed by atoms with van der Waals surface area (Å²) in [5.74, 6) is 2.42. The Bertz CT molecular complexity index is 803. The Morgan fingerprint density at radius 3 is 2.73 bits per heavy atom. The number of likely N-dealkylation sites (tertiary alicyclic amines) is 1. The van der Waals surface area contributed by atoms with Gasteiger partial charge in [0, 0.05) is 50.7 Å². The van der Waals surface area contributed by atoms with E-state index in [-0.39, 0.29) is 5.75 Å². The summed E-state index contributed by atoms with van der Waals surface area (Å²) in [5.41, 5.74) is 1.07. The first kappa shape index (κ1) is 22.8. The van der Waals surface area contributed by atoms with Gasteiger partial charge in [-0.1, -0.05) is 0 Å². The maximum absolute atomic E-state index is 11.4. The van der Waals surface area contributed by atoms with Crippen LogP contribution in [0.2, 0.25) is 0 Å². The second-order valence-corrected chi connectivity index (χ2v) is 10.6.